The molecule has 3 aliphatic rings. The van der Waals surface area contributed by atoms with Crippen molar-refractivity contribution in [1.29, 1.82) is 0 Å². The fourth-order valence-electron chi connectivity index (χ4n) is 4.68. The van der Waals surface area contributed by atoms with Crippen LogP contribution in [-0.2, 0) is 24.0 Å². The number of phenols is 1. The molecule has 3 N–H and O–H groups in total. The highest BCUT2D eigenvalue weighted by Crippen LogP contribution is 2.41. The van der Waals surface area contributed by atoms with Crippen molar-refractivity contribution in [2.45, 2.75) is 45.4 Å². The van der Waals surface area contributed by atoms with Gasteiger partial charge in [-0.15, -0.1) is 5.06 Å². The zero-order chi connectivity index (χ0) is 31.8. The van der Waals surface area contributed by atoms with Crippen LogP contribution in [0, 0.1) is 0 Å². The molecule has 2 aromatic rings. The van der Waals surface area contributed by atoms with Crippen molar-refractivity contribution in [2.75, 3.05) is 6.54 Å². The van der Waals surface area contributed by atoms with Crippen LogP contribution in [0.2, 0.25) is 0 Å². The topological polar surface area (TPSA) is 181 Å². The quantitative estimate of drug-likeness (QED) is 0.130. The van der Waals surface area contributed by atoms with Crippen molar-refractivity contribution in [3.05, 3.63) is 76.5 Å². The van der Waals surface area contributed by atoms with Gasteiger partial charge in [-0.05, 0) is 48.7 Å². The number of carbonyl (C=O) groups is 5. The Morgan fingerprint density at radius 1 is 0.891 bits per heavy atom. The number of nitrogens with zero attached hydrogens (tertiary/aromatic N) is 1. The molecule has 0 unspecified atom stereocenters. The molecule has 2 heterocycles. The minimum Gasteiger partial charge on any atom is -0.508 e. The van der Waals surface area contributed by atoms with Gasteiger partial charge in [0.1, 0.15) is 17.1 Å². The Morgan fingerprint density at radius 2 is 1.59 bits per heavy atom. The Bertz CT molecular complexity index is 1760. The molecular formula is C32H34N2O10S2. The van der Waals surface area contributed by atoms with Crippen LogP contribution in [-0.4, -0.2) is 51.5 Å². The number of aromatic carboxylic acids is 1. The lowest BCUT2D eigenvalue weighted by atomic mass is 9.91. The molecule has 46 heavy (non-hydrogen) atoms. The number of nitrogens with one attached hydrogen (secondary N) is 1. The van der Waals surface area contributed by atoms with E-state index in [1.807, 2.05) is 0 Å². The first-order chi connectivity index (χ1) is 21.0. The lowest BCUT2D eigenvalue weighted by Crippen LogP contribution is -2.31. The van der Waals surface area contributed by atoms with Crippen molar-refractivity contribution in [3.63, 3.8) is 0 Å². The maximum Gasteiger partial charge on any atom is 0.336 e. The molecule has 1 aliphatic carbocycles. The van der Waals surface area contributed by atoms with Crippen molar-refractivity contribution >= 4 is 67.6 Å². The van der Waals surface area contributed by atoms with E-state index in [9.17, 15) is 39.0 Å². The predicted octanol–water partition coefficient (Wildman–Crippen LogP) is 4.48. The van der Waals surface area contributed by atoms with Crippen molar-refractivity contribution in [2.24, 2.45) is 0 Å². The lowest BCUT2D eigenvalue weighted by Gasteiger charge is -2.16. The molecule has 14 heteroatoms. The number of amides is 3. The number of unbranched alkanes of at least 4 members (excludes halogenated alkanes) is 2. The van der Waals surface area contributed by atoms with E-state index < -0.39 is 23.8 Å². The molecule has 0 atom stereocenters. The summed E-state index contributed by atoms with van der Waals surface area (Å²) in [6, 6.07) is 15.7. The summed E-state index contributed by atoms with van der Waals surface area (Å²) in [4.78, 5) is 72.4. The smallest absolute Gasteiger partial charge is 0.336 e. The zero-order valence-electron chi connectivity index (χ0n) is 24.8. The SMILES string of the molecule is CC(=O)NCCCCCC(=O)ON1C(=O)CCC1=O.O=C(O)c1ccccc1-c1c2ccc(=O)cc-2oc2cc(O)ccc12.S.S. The van der Waals surface area contributed by atoms with Crippen LogP contribution in [0.3, 0.4) is 0 Å². The standard InChI is InChI=1S/C20H12O5.C12H18N2O5.2H2S/c21-11-5-7-15-17(9-11)25-18-10-12(22)6-8-16(18)19(15)13-3-1-2-4-14(13)20(23)24;1-9(15)13-8-4-2-3-5-12(18)19-14-10(16)6-7-11(14)17;;/h1-10,21H,(H,23,24);2-8H2,1H3,(H,13,15);2*1H2. The van der Waals surface area contributed by atoms with Crippen LogP contribution >= 0.6 is 27.0 Å². The Hall–Kier alpha value is -4.82. The van der Waals surface area contributed by atoms with Crippen molar-refractivity contribution < 1.29 is 43.4 Å². The van der Waals surface area contributed by atoms with Crippen LogP contribution in [0.4, 0.5) is 0 Å². The number of hydrogen-bond acceptors (Lipinski definition) is 9. The summed E-state index contributed by atoms with van der Waals surface area (Å²) < 4.78 is 5.76. The number of carbonyl (C=O) groups excluding carboxylic acids is 4. The summed E-state index contributed by atoms with van der Waals surface area (Å²) in [7, 11) is 0. The largest absolute Gasteiger partial charge is 0.508 e. The number of carboxylic acid groups (broad SMARTS) is 1. The van der Waals surface area contributed by atoms with Gasteiger partial charge >= 0.3 is 11.9 Å². The number of benzene rings is 3. The summed E-state index contributed by atoms with van der Waals surface area (Å²) in [5, 5.41) is 23.1. The van der Waals surface area contributed by atoms with Gasteiger partial charge in [-0.2, -0.15) is 27.0 Å². The van der Waals surface area contributed by atoms with Gasteiger partial charge in [0.2, 0.25) is 5.91 Å². The second-order valence-corrected chi connectivity index (χ2v) is 10.0. The number of fused-ring (bicyclic) bond motifs is 2. The molecule has 3 amide bonds. The van der Waals surface area contributed by atoms with E-state index in [0.29, 0.717) is 51.4 Å². The molecule has 2 aliphatic heterocycles. The van der Waals surface area contributed by atoms with Crippen LogP contribution in [0.25, 0.3) is 33.4 Å². The van der Waals surface area contributed by atoms with E-state index in [1.54, 1.807) is 30.3 Å². The Kier molecular flexibility index (Phi) is 13.8. The van der Waals surface area contributed by atoms with Gasteiger partial charge in [-0.25, -0.2) is 9.59 Å². The third-order valence-electron chi connectivity index (χ3n) is 6.73. The van der Waals surface area contributed by atoms with Crippen LogP contribution in [0.15, 0.2) is 69.9 Å². The van der Waals surface area contributed by atoms with E-state index in [0.717, 1.165) is 12.8 Å². The fraction of sp³-hybridized carbons (Fsp3) is 0.250. The molecular weight excluding hydrogens is 636 g/mol. The number of rotatable bonds is 9. The third kappa shape index (κ3) is 9.34. The lowest BCUT2D eigenvalue weighted by molar-refractivity contribution is -0.197. The molecule has 0 bridgehead atoms. The molecule has 1 fully saturated rings. The Morgan fingerprint density at radius 3 is 2.26 bits per heavy atom. The summed E-state index contributed by atoms with van der Waals surface area (Å²) in [5.41, 5.74) is 2.10. The zero-order valence-corrected chi connectivity index (χ0v) is 26.8. The molecule has 1 saturated heterocycles. The summed E-state index contributed by atoms with van der Waals surface area (Å²) >= 11 is 0. The van der Waals surface area contributed by atoms with E-state index in [2.05, 4.69) is 5.32 Å². The summed E-state index contributed by atoms with van der Waals surface area (Å²) in [5.74, 6) is -2.29. The molecule has 0 spiro atoms. The molecule has 2 aromatic carbocycles. The minimum absolute atomic E-state index is 0. The van der Waals surface area contributed by atoms with Gasteiger partial charge in [0, 0.05) is 61.4 Å². The van der Waals surface area contributed by atoms with Crippen LogP contribution in [0.1, 0.15) is 55.8 Å². The second kappa shape index (κ2) is 17.0. The minimum atomic E-state index is -1.04. The maximum absolute atomic E-state index is 11.7. The first-order valence-corrected chi connectivity index (χ1v) is 13.9. The van der Waals surface area contributed by atoms with Crippen molar-refractivity contribution in [1.82, 2.24) is 10.4 Å². The number of phenolic OH excluding ortho intramolecular Hbond substituents is 1. The van der Waals surface area contributed by atoms with E-state index in [4.69, 9.17) is 9.25 Å². The van der Waals surface area contributed by atoms with E-state index in [1.165, 1.54) is 37.3 Å². The molecule has 0 saturated carbocycles. The van der Waals surface area contributed by atoms with E-state index >= 15 is 0 Å². The predicted molar refractivity (Wildman–Crippen MR) is 178 cm³/mol. The monoisotopic (exact) mass is 670 g/mol. The maximum atomic E-state index is 11.7. The highest BCUT2D eigenvalue weighted by atomic mass is 32.1. The summed E-state index contributed by atoms with van der Waals surface area (Å²) in [6.45, 7) is 2.02. The first-order valence-electron chi connectivity index (χ1n) is 13.9. The normalized spacial score (nSPS) is 12.1. The molecule has 0 radical (unpaired) electrons. The van der Waals surface area contributed by atoms with Gasteiger partial charge in [0.25, 0.3) is 11.8 Å². The molecule has 5 rings (SSSR count). The number of imide groups is 1. The second-order valence-electron chi connectivity index (χ2n) is 10.0. The van der Waals surface area contributed by atoms with Crippen LogP contribution in [0.5, 0.6) is 5.75 Å². The molecule has 12 nitrogen and oxygen atoms in total. The van der Waals surface area contributed by atoms with Gasteiger partial charge in [0.15, 0.2) is 5.43 Å². The first kappa shape index (κ1) is 37.4. The van der Waals surface area contributed by atoms with Gasteiger partial charge in [-0.1, -0.05) is 24.6 Å². The highest BCUT2D eigenvalue weighted by Gasteiger charge is 2.32. The van der Waals surface area contributed by atoms with E-state index in [-0.39, 0.29) is 68.9 Å². The highest BCUT2D eigenvalue weighted by molar-refractivity contribution is 7.59. The number of carboxylic acids is 1. The Balaban J connectivity index is 0.000000319. The Labute approximate surface area is 277 Å². The number of hydrogen-bond donors (Lipinski definition) is 3. The van der Waals surface area contributed by atoms with Crippen LogP contribution < -0.4 is 10.7 Å². The van der Waals surface area contributed by atoms with Gasteiger partial charge < -0.3 is 24.8 Å². The average molecular weight is 671 g/mol. The summed E-state index contributed by atoms with van der Waals surface area (Å²) in [6.07, 6.45) is 2.48. The van der Waals surface area contributed by atoms with Crippen molar-refractivity contribution in [3.8, 4) is 28.2 Å². The van der Waals surface area contributed by atoms with Gasteiger partial charge in [0.05, 0.1) is 5.56 Å². The third-order valence-corrected chi connectivity index (χ3v) is 6.73. The average Bonchev–Trinajstić information content (AvgIpc) is 3.29. The number of hydroxylamine groups is 2. The molecule has 244 valence electrons. The number of aromatic hydroxyl groups is 1. The molecule has 0 aromatic heterocycles. The van der Waals surface area contributed by atoms with Gasteiger partial charge in [-0.3, -0.25) is 19.2 Å². The fourth-order valence-corrected chi connectivity index (χ4v) is 4.68.